The van der Waals surface area contributed by atoms with Gasteiger partial charge in [0.05, 0.1) is 0 Å². The van der Waals surface area contributed by atoms with Crippen molar-refractivity contribution in [1.82, 2.24) is 5.32 Å². The van der Waals surface area contributed by atoms with Gasteiger partial charge in [0.1, 0.15) is 0 Å². The van der Waals surface area contributed by atoms with E-state index in [0.717, 1.165) is 5.56 Å². The van der Waals surface area contributed by atoms with E-state index in [1.807, 2.05) is 6.92 Å². The number of phenolic OH excluding ortho intramolecular Hbond substituents is 1. The van der Waals surface area contributed by atoms with Gasteiger partial charge in [-0.15, -0.1) is 6.58 Å². The van der Waals surface area contributed by atoms with E-state index in [1.54, 1.807) is 12.1 Å². The molecule has 1 unspecified atom stereocenters. The van der Waals surface area contributed by atoms with Crippen LogP contribution in [0.5, 0.6) is 5.75 Å². The Kier molecular flexibility index (Phi) is 3.65. The van der Waals surface area contributed by atoms with Crippen molar-refractivity contribution in [1.29, 1.82) is 0 Å². The van der Waals surface area contributed by atoms with Crippen LogP contribution in [0.4, 0.5) is 4.39 Å². The zero-order valence-electron chi connectivity index (χ0n) is 8.13. The number of hydrogen-bond acceptors (Lipinski definition) is 2. The molecule has 0 heterocycles. The molecule has 1 aromatic rings. The van der Waals surface area contributed by atoms with E-state index >= 15 is 0 Å². The lowest BCUT2D eigenvalue weighted by Gasteiger charge is -2.09. The highest BCUT2D eigenvalue weighted by Gasteiger charge is 2.02. The number of nitrogens with one attached hydrogen (secondary N) is 1. The Morgan fingerprint density at radius 2 is 2.36 bits per heavy atom. The fourth-order valence-electron chi connectivity index (χ4n) is 1.02. The first-order chi connectivity index (χ1) is 6.63. The normalized spacial score (nSPS) is 12.4. The summed E-state index contributed by atoms with van der Waals surface area (Å²) < 4.78 is 12.9. The summed E-state index contributed by atoms with van der Waals surface area (Å²) in [7, 11) is 0. The highest BCUT2D eigenvalue weighted by molar-refractivity contribution is 5.27. The van der Waals surface area contributed by atoms with Crippen molar-refractivity contribution in [3.8, 4) is 5.75 Å². The Morgan fingerprint density at radius 1 is 1.64 bits per heavy atom. The van der Waals surface area contributed by atoms with E-state index < -0.39 is 5.82 Å². The molecule has 0 radical (unpaired) electrons. The van der Waals surface area contributed by atoms with Crippen LogP contribution in [-0.2, 0) is 6.54 Å². The summed E-state index contributed by atoms with van der Waals surface area (Å²) in [5.74, 6) is -0.902. The maximum absolute atomic E-state index is 12.9. The molecule has 0 aromatic heterocycles. The Hall–Kier alpha value is -1.35. The van der Waals surface area contributed by atoms with Crippen molar-refractivity contribution in [2.75, 3.05) is 0 Å². The lowest BCUT2D eigenvalue weighted by atomic mass is 10.2. The van der Waals surface area contributed by atoms with Gasteiger partial charge in [0.15, 0.2) is 11.6 Å². The minimum atomic E-state index is -0.587. The van der Waals surface area contributed by atoms with Crippen molar-refractivity contribution >= 4 is 0 Å². The SMILES string of the molecule is C=CC(C)NCc1ccc(O)c(F)c1. The van der Waals surface area contributed by atoms with Crippen LogP contribution in [0.1, 0.15) is 12.5 Å². The van der Waals surface area contributed by atoms with Gasteiger partial charge < -0.3 is 10.4 Å². The minimum absolute atomic E-state index is 0.187. The topological polar surface area (TPSA) is 32.3 Å². The fourth-order valence-corrected chi connectivity index (χ4v) is 1.02. The molecular weight excluding hydrogens is 181 g/mol. The molecule has 0 bridgehead atoms. The van der Waals surface area contributed by atoms with Gasteiger partial charge in [0.2, 0.25) is 0 Å². The average molecular weight is 195 g/mol. The Labute approximate surface area is 83.1 Å². The van der Waals surface area contributed by atoms with Crippen molar-refractivity contribution in [3.63, 3.8) is 0 Å². The lowest BCUT2D eigenvalue weighted by molar-refractivity contribution is 0.431. The Bertz CT molecular complexity index is 325. The summed E-state index contributed by atoms with van der Waals surface area (Å²) >= 11 is 0. The monoisotopic (exact) mass is 195 g/mol. The van der Waals surface area contributed by atoms with E-state index in [9.17, 15) is 4.39 Å². The van der Waals surface area contributed by atoms with Gasteiger partial charge in [-0.05, 0) is 24.6 Å². The largest absolute Gasteiger partial charge is 0.505 e. The molecule has 2 nitrogen and oxygen atoms in total. The second kappa shape index (κ2) is 4.77. The van der Waals surface area contributed by atoms with E-state index in [2.05, 4.69) is 11.9 Å². The lowest BCUT2D eigenvalue weighted by Crippen LogP contribution is -2.22. The van der Waals surface area contributed by atoms with Crippen molar-refractivity contribution in [2.24, 2.45) is 0 Å². The molecule has 0 aliphatic rings. The van der Waals surface area contributed by atoms with Gasteiger partial charge in [0, 0.05) is 12.6 Å². The van der Waals surface area contributed by atoms with Crippen molar-refractivity contribution in [3.05, 3.63) is 42.2 Å². The van der Waals surface area contributed by atoms with Crippen LogP contribution < -0.4 is 5.32 Å². The molecule has 0 aliphatic heterocycles. The standard InChI is InChI=1S/C11H14FNO/c1-3-8(2)13-7-9-4-5-11(14)10(12)6-9/h3-6,8,13-14H,1,7H2,2H3. The summed E-state index contributed by atoms with van der Waals surface area (Å²) in [6, 6.07) is 4.54. The molecule has 76 valence electrons. The van der Waals surface area contributed by atoms with Gasteiger partial charge in [-0.25, -0.2) is 4.39 Å². The summed E-state index contributed by atoms with van der Waals surface area (Å²) in [4.78, 5) is 0. The van der Waals surface area contributed by atoms with Gasteiger partial charge >= 0.3 is 0 Å². The maximum Gasteiger partial charge on any atom is 0.165 e. The zero-order chi connectivity index (χ0) is 10.6. The van der Waals surface area contributed by atoms with Crippen LogP contribution in [0.15, 0.2) is 30.9 Å². The molecule has 3 heteroatoms. The predicted octanol–water partition coefficient (Wildman–Crippen LogP) is 2.20. The molecule has 0 saturated heterocycles. The minimum Gasteiger partial charge on any atom is -0.505 e. The maximum atomic E-state index is 12.9. The van der Waals surface area contributed by atoms with E-state index in [1.165, 1.54) is 12.1 Å². The summed E-state index contributed by atoms with van der Waals surface area (Å²) in [6.07, 6.45) is 1.77. The molecular formula is C11H14FNO. The quantitative estimate of drug-likeness (QED) is 0.722. The summed E-state index contributed by atoms with van der Waals surface area (Å²) in [6.45, 7) is 6.15. The van der Waals surface area contributed by atoms with Gasteiger partial charge in [-0.1, -0.05) is 12.1 Å². The van der Waals surface area contributed by atoms with Crippen molar-refractivity contribution in [2.45, 2.75) is 19.5 Å². The number of aromatic hydroxyl groups is 1. The van der Waals surface area contributed by atoms with Gasteiger partial charge in [-0.2, -0.15) is 0 Å². The predicted molar refractivity (Wildman–Crippen MR) is 54.6 cm³/mol. The number of rotatable bonds is 4. The number of halogens is 1. The van der Waals surface area contributed by atoms with E-state index in [4.69, 9.17) is 5.11 Å². The van der Waals surface area contributed by atoms with Gasteiger partial charge in [-0.3, -0.25) is 0 Å². The molecule has 0 fully saturated rings. The molecule has 0 saturated carbocycles. The third kappa shape index (κ3) is 2.85. The molecule has 1 rings (SSSR count). The highest BCUT2D eigenvalue weighted by Crippen LogP contribution is 2.15. The first-order valence-electron chi connectivity index (χ1n) is 4.47. The Morgan fingerprint density at radius 3 is 2.93 bits per heavy atom. The molecule has 14 heavy (non-hydrogen) atoms. The number of benzene rings is 1. The first-order valence-corrected chi connectivity index (χ1v) is 4.47. The first kappa shape index (κ1) is 10.7. The van der Waals surface area contributed by atoms with Crippen LogP contribution in [0.25, 0.3) is 0 Å². The highest BCUT2D eigenvalue weighted by atomic mass is 19.1. The molecule has 0 aliphatic carbocycles. The summed E-state index contributed by atoms with van der Waals surface area (Å²) in [5, 5.41) is 12.1. The third-order valence-corrected chi connectivity index (χ3v) is 1.99. The molecule has 2 N–H and O–H groups in total. The van der Waals surface area contributed by atoms with Crippen LogP contribution in [0.2, 0.25) is 0 Å². The smallest absolute Gasteiger partial charge is 0.165 e. The molecule has 0 amide bonds. The second-order valence-electron chi connectivity index (χ2n) is 3.19. The fraction of sp³-hybridized carbons (Fsp3) is 0.273. The van der Waals surface area contributed by atoms with E-state index in [0.29, 0.717) is 6.54 Å². The Balaban J connectivity index is 2.59. The van der Waals surface area contributed by atoms with E-state index in [-0.39, 0.29) is 11.8 Å². The second-order valence-corrected chi connectivity index (χ2v) is 3.19. The zero-order valence-corrected chi connectivity index (χ0v) is 8.13. The summed E-state index contributed by atoms with van der Waals surface area (Å²) in [5.41, 5.74) is 0.800. The average Bonchev–Trinajstić information content (AvgIpc) is 2.19. The van der Waals surface area contributed by atoms with Crippen LogP contribution in [0, 0.1) is 5.82 Å². The molecule has 0 spiro atoms. The van der Waals surface area contributed by atoms with Crippen LogP contribution >= 0.6 is 0 Å². The number of hydrogen-bond donors (Lipinski definition) is 2. The van der Waals surface area contributed by atoms with Crippen LogP contribution in [0.3, 0.4) is 0 Å². The third-order valence-electron chi connectivity index (χ3n) is 1.99. The number of phenols is 1. The van der Waals surface area contributed by atoms with Crippen molar-refractivity contribution < 1.29 is 9.50 Å². The van der Waals surface area contributed by atoms with Gasteiger partial charge in [0.25, 0.3) is 0 Å². The molecule has 1 atom stereocenters. The van der Waals surface area contributed by atoms with Crippen LogP contribution in [-0.4, -0.2) is 11.1 Å². The molecule has 1 aromatic carbocycles.